The molecule has 1 aliphatic rings. The maximum atomic E-state index is 9.63. The van der Waals surface area contributed by atoms with Gasteiger partial charge < -0.3 is 20.6 Å². The van der Waals surface area contributed by atoms with Gasteiger partial charge in [0.15, 0.2) is 5.96 Å². The molecule has 1 aromatic heterocycles. The van der Waals surface area contributed by atoms with Crippen molar-refractivity contribution in [2.75, 3.05) is 24.5 Å². The third-order valence-electron chi connectivity index (χ3n) is 4.70. The van der Waals surface area contributed by atoms with Crippen LogP contribution in [-0.4, -0.2) is 47.8 Å². The van der Waals surface area contributed by atoms with Gasteiger partial charge in [0.25, 0.3) is 0 Å². The highest BCUT2D eigenvalue weighted by Crippen LogP contribution is 2.18. The molecule has 6 heteroatoms. The summed E-state index contributed by atoms with van der Waals surface area (Å²) in [6, 6.07) is 4.56. The van der Waals surface area contributed by atoms with E-state index in [1.165, 1.54) is 0 Å². The highest BCUT2D eigenvalue weighted by atomic mass is 16.3. The molecule has 1 saturated carbocycles. The van der Waals surface area contributed by atoms with E-state index in [1.54, 1.807) is 0 Å². The van der Waals surface area contributed by atoms with Crippen LogP contribution >= 0.6 is 0 Å². The molecule has 140 valence electrons. The van der Waals surface area contributed by atoms with Crippen molar-refractivity contribution in [2.24, 2.45) is 4.99 Å². The lowest BCUT2D eigenvalue weighted by atomic mass is 9.93. The Morgan fingerprint density at radius 2 is 1.92 bits per heavy atom. The molecule has 0 saturated heterocycles. The number of aliphatic hydroxyl groups is 1. The number of pyridine rings is 1. The lowest BCUT2D eigenvalue weighted by Crippen LogP contribution is -2.45. The molecule has 0 spiro atoms. The normalized spacial score (nSPS) is 21.0. The standard InChI is InChI=1S/C19H33N5O/c1-4-20-19(23-16-8-10-17(25)11-9-16)22-14-15-7-12-18(21-13-15)24(5-2)6-3/h7,12-13,16-17,25H,4-6,8-11,14H2,1-3H3,(H2,20,22,23). The average Bonchev–Trinajstić information content (AvgIpc) is 2.64. The summed E-state index contributed by atoms with van der Waals surface area (Å²) in [5, 5.41) is 16.4. The molecule has 3 N–H and O–H groups in total. The number of nitrogens with one attached hydrogen (secondary N) is 2. The highest BCUT2D eigenvalue weighted by Gasteiger charge is 2.19. The molecule has 0 unspecified atom stereocenters. The Bertz CT molecular complexity index is 519. The molecular formula is C19H33N5O. The third kappa shape index (κ3) is 6.20. The fraction of sp³-hybridized carbons (Fsp3) is 0.684. The van der Waals surface area contributed by atoms with Crippen LogP contribution in [0.1, 0.15) is 52.0 Å². The minimum absolute atomic E-state index is 0.132. The maximum absolute atomic E-state index is 9.63. The number of hydrogen-bond donors (Lipinski definition) is 3. The highest BCUT2D eigenvalue weighted by molar-refractivity contribution is 5.80. The first-order valence-electron chi connectivity index (χ1n) is 9.59. The Labute approximate surface area is 151 Å². The lowest BCUT2D eigenvalue weighted by Gasteiger charge is -2.27. The van der Waals surface area contributed by atoms with Gasteiger partial charge in [-0.15, -0.1) is 0 Å². The van der Waals surface area contributed by atoms with Gasteiger partial charge in [-0.2, -0.15) is 0 Å². The number of anilines is 1. The molecule has 25 heavy (non-hydrogen) atoms. The number of hydrogen-bond acceptors (Lipinski definition) is 4. The minimum atomic E-state index is -0.132. The van der Waals surface area contributed by atoms with Crippen molar-refractivity contribution >= 4 is 11.8 Å². The first-order chi connectivity index (χ1) is 12.2. The Kier molecular flexibility index (Phi) is 7.98. The molecule has 1 fully saturated rings. The number of nitrogens with zero attached hydrogens (tertiary/aromatic N) is 3. The summed E-state index contributed by atoms with van der Waals surface area (Å²) in [4.78, 5) is 11.5. The predicted octanol–water partition coefficient (Wildman–Crippen LogP) is 2.29. The van der Waals surface area contributed by atoms with Crippen LogP contribution in [0.5, 0.6) is 0 Å². The van der Waals surface area contributed by atoms with Crippen molar-refractivity contribution in [1.29, 1.82) is 0 Å². The molecule has 0 aliphatic heterocycles. The molecule has 6 nitrogen and oxygen atoms in total. The van der Waals surface area contributed by atoms with E-state index in [0.29, 0.717) is 12.6 Å². The fourth-order valence-electron chi connectivity index (χ4n) is 3.15. The molecule has 2 rings (SSSR count). The van der Waals surface area contributed by atoms with Gasteiger partial charge in [-0.05, 0) is 58.1 Å². The summed E-state index contributed by atoms with van der Waals surface area (Å²) in [5.74, 6) is 1.86. The predicted molar refractivity (Wildman–Crippen MR) is 104 cm³/mol. The zero-order valence-electron chi connectivity index (χ0n) is 15.8. The van der Waals surface area contributed by atoms with Crippen LogP contribution in [0.2, 0.25) is 0 Å². The summed E-state index contributed by atoms with van der Waals surface area (Å²) in [5.41, 5.74) is 1.10. The zero-order valence-corrected chi connectivity index (χ0v) is 15.8. The second-order valence-corrected chi connectivity index (χ2v) is 6.54. The van der Waals surface area contributed by atoms with Gasteiger partial charge in [0, 0.05) is 31.9 Å². The largest absolute Gasteiger partial charge is 0.393 e. The SMILES string of the molecule is CCNC(=NCc1ccc(N(CC)CC)nc1)NC1CCC(O)CC1. The first kappa shape index (κ1) is 19.5. The molecule has 0 amide bonds. The number of aliphatic imine (C=N–C) groups is 1. The van der Waals surface area contributed by atoms with Crippen LogP contribution in [0.3, 0.4) is 0 Å². The van der Waals surface area contributed by atoms with Crippen molar-refractivity contribution in [3.05, 3.63) is 23.9 Å². The molecule has 1 aliphatic carbocycles. The van der Waals surface area contributed by atoms with Crippen LogP contribution in [0, 0.1) is 0 Å². The summed E-state index contributed by atoms with van der Waals surface area (Å²) >= 11 is 0. The van der Waals surface area contributed by atoms with Gasteiger partial charge in [0.1, 0.15) is 5.82 Å². The molecule has 0 radical (unpaired) electrons. The van der Waals surface area contributed by atoms with E-state index in [4.69, 9.17) is 0 Å². The van der Waals surface area contributed by atoms with Gasteiger partial charge in [0.05, 0.1) is 12.6 Å². The Morgan fingerprint density at radius 3 is 2.48 bits per heavy atom. The quantitative estimate of drug-likeness (QED) is 0.521. The molecule has 1 heterocycles. The van der Waals surface area contributed by atoms with Crippen LogP contribution in [0.25, 0.3) is 0 Å². The number of guanidine groups is 1. The third-order valence-corrected chi connectivity index (χ3v) is 4.70. The fourth-order valence-corrected chi connectivity index (χ4v) is 3.15. The number of aromatic nitrogens is 1. The Balaban J connectivity index is 1.93. The number of rotatable bonds is 7. The first-order valence-corrected chi connectivity index (χ1v) is 9.59. The van der Waals surface area contributed by atoms with Crippen molar-refractivity contribution < 1.29 is 5.11 Å². The molecule has 0 atom stereocenters. The summed E-state index contributed by atoms with van der Waals surface area (Å²) in [7, 11) is 0. The van der Waals surface area contributed by atoms with Crippen molar-refractivity contribution in [2.45, 2.75) is 65.1 Å². The molecule has 0 bridgehead atoms. The summed E-state index contributed by atoms with van der Waals surface area (Å²) in [6.07, 6.45) is 5.50. The van der Waals surface area contributed by atoms with E-state index >= 15 is 0 Å². The van der Waals surface area contributed by atoms with Crippen molar-refractivity contribution in [1.82, 2.24) is 15.6 Å². The van der Waals surface area contributed by atoms with E-state index in [2.05, 4.69) is 58.4 Å². The smallest absolute Gasteiger partial charge is 0.191 e. The summed E-state index contributed by atoms with van der Waals surface area (Å²) < 4.78 is 0. The maximum Gasteiger partial charge on any atom is 0.191 e. The van der Waals surface area contributed by atoms with Gasteiger partial charge >= 0.3 is 0 Å². The second-order valence-electron chi connectivity index (χ2n) is 6.54. The van der Waals surface area contributed by atoms with Crippen LogP contribution in [0.15, 0.2) is 23.3 Å². The Morgan fingerprint density at radius 1 is 1.20 bits per heavy atom. The lowest BCUT2D eigenvalue weighted by molar-refractivity contribution is 0.120. The topological polar surface area (TPSA) is 72.8 Å². The van der Waals surface area contributed by atoms with E-state index in [-0.39, 0.29) is 6.10 Å². The molecule has 1 aromatic rings. The van der Waals surface area contributed by atoms with Crippen LogP contribution in [0.4, 0.5) is 5.82 Å². The number of aliphatic hydroxyl groups excluding tert-OH is 1. The van der Waals surface area contributed by atoms with Gasteiger partial charge in [-0.1, -0.05) is 6.07 Å². The van der Waals surface area contributed by atoms with Gasteiger partial charge in [-0.3, -0.25) is 0 Å². The van der Waals surface area contributed by atoms with Crippen molar-refractivity contribution in [3.63, 3.8) is 0 Å². The summed E-state index contributed by atoms with van der Waals surface area (Å²) in [6.45, 7) is 9.72. The van der Waals surface area contributed by atoms with Crippen molar-refractivity contribution in [3.8, 4) is 0 Å². The second kappa shape index (κ2) is 10.2. The van der Waals surface area contributed by atoms with E-state index in [9.17, 15) is 5.11 Å². The van der Waals surface area contributed by atoms with E-state index in [0.717, 1.165) is 62.7 Å². The van der Waals surface area contributed by atoms with Gasteiger partial charge in [0.2, 0.25) is 0 Å². The van der Waals surface area contributed by atoms with E-state index in [1.807, 2.05) is 6.20 Å². The molecular weight excluding hydrogens is 314 g/mol. The van der Waals surface area contributed by atoms with E-state index < -0.39 is 0 Å². The van der Waals surface area contributed by atoms with Gasteiger partial charge in [-0.25, -0.2) is 9.98 Å². The zero-order chi connectivity index (χ0) is 18.1. The Hall–Kier alpha value is -1.82. The minimum Gasteiger partial charge on any atom is -0.393 e. The monoisotopic (exact) mass is 347 g/mol. The van der Waals surface area contributed by atoms with Crippen LogP contribution < -0.4 is 15.5 Å². The average molecular weight is 348 g/mol. The van der Waals surface area contributed by atoms with Crippen LogP contribution in [-0.2, 0) is 6.54 Å². The molecule has 0 aromatic carbocycles.